The van der Waals surface area contributed by atoms with Crippen molar-refractivity contribution < 1.29 is 4.74 Å². The lowest BCUT2D eigenvalue weighted by atomic mass is 10.1. The summed E-state index contributed by atoms with van der Waals surface area (Å²) in [7, 11) is 0. The van der Waals surface area contributed by atoms with Crippen molar-refractivity contribution in [3.8, 4) is 17.7 Å². The second-order valence-corrected chi connectivity index (χ2v) is 4.78. The molecule has 2 rings (SSSR count). The van der Waals surface area contributed by atoms with Crippen LogP contribution in [0.15, 0.2) is 18.2 Å². The molecule has 0 bridgehead atoms. The topological polar surface area (TPSA) is 58.8 Å². The molecule has 0 saturated carbocycles. The number of rotatable bonds is 2. The Morgan fingerprint density at radius 1 is 1.11 bits per heavy atom. The lowest BCUT2D eigenvalue weighted by Gasteiger charge is -2.09. The van der Waals surface area contributed by atoms with Gasteiger partial charge in [0.1, 0.15) is 17.4 Å². The number of nitriles is 1. The first-order valence-corrected chi connectivity index (χ1v) is 6.15. The Labute approximate surface area is 120 Å². The molecule has 19 heavy (non-hydrogen) atoms. The third kappa shape index (κ3) is 2.95. The summed E-state index contributed by atoms with van der Waals surface area (Å²) in [6.07, 6.45) is 0. The largest absolute Gasteiger partial charge is 0.436 e. The second-order valence-electron chi connectivity index (χ2n) is 3.91. The number of ether oxygens (including phenoxy) is 1. The van der Waals surface area contributed by atoms with Gasteiger partial charge in [0.25, 0.3) is 5.88 Å². The smallest absolute Gasteiger partial charge is 0.257 e. The highest BCUT2D eigenvalue weighted by Gasteiger charge is 2.13. The van der Waals surface area contributed by atoms with Gasteiger partial charge in [-0.05, 0) is 37.6 Å². The second kappa shape index (κ2) is 5.43. The summed E-state index contributed by atoms with van der Waals surface area (Å²) in [6.45, 7) is 3.57. The van der Waals surface area contributed by atoms with Gasteiger partial charge < -0.3 is 4.74 Å². The van der Waals surface area contributed by atoms with Crippen LogP contribution in [0.25, 0.3) is 0 Å². The molecule has 1 heterocycles. The van der Waals surface area contributed by atoms with Crippen LogP contribution in [-0.2, 0) is 0 Å². The summed E-state index contributed by atoms with van der Waals surface area (Å²) in [5.74, 6) is 0.551. The number of nitrogens with zero attached hydrogens (tertiary/aromatic N) is 3. The van der Waals surface area contributed by atoms with Gasteiger partial charge >= 0.3 is 0 Å². The van der Waals surface area contributed by atoms with Crippen molar-refractivity contribution in [2.45, 2.75) is 13.8 Å². The predicted molar refractivity (Wildman–Crippen MR) is 72.8 cm³/mol. The normalized spacial score (nSPS) is 10.1. The first-order valence-electron chi connectivity index (χ1n) is 5.39. The third-order valence-electron chi connectivity index (χ3n) is 2.58. The molecule has 2 aromatic rings. The number of halogens is 2. The van der Waals surface area contributed by atoms with Crippen LogP contribution in [0, 0.1) is 25.2 Å². The third-order valence-corrected chi connectivity index (χ3v) is 3.02. The standard InChI is InChI=1S/C13H9Cl2N3O/c1-7-8(2)17-18-13(12(7)6-16)19-11-4-9(14)3-10(15)5-11/h3-5H,1-2H3. The monoisotopic (exact) mass is 293 g/mol. The Kier molecular flexibility index (Phi) is 3.89. The summed E-state index contributed by atoms with van der Waals surface area (Å²) in [5, 5.41) is 17.9. The minimum atomic E-state index is 0.143. The van der Waals surface area contributed by atoms with Gasteiger partial charge in [0.2, 0.25) is 0 Å². The molecular formula is C13H9Cl2N3O. The molecule has 0 aliphatic carbocycles. The maximum atomic E-state index is 9.16. The molecule has 0 fully saturated rings. The van der Waals surface area contributed by atoms with E-state index in [1.54, 1.807) is 32.0 Å². The molecule has 0 spiro atoms. The number of aryl methyl sites for hydroxylation is 1. The Morgan fingerprint density at radius 3 is 2.32 bits per heavy atom. The minimum absolute atomic E-state index is 0.143. The molecule has 0 aliphatic heterocycles. The van der Waals surface area contributed by atoms with Crippen molar-refractivity contribution in [2.24, 2.45) is 0 Å². The van der Waals surface area contributed by atoms with Crippen LogP contribution in [0.1, 0.15) is 16.8 Å². The quantitative estimate of drug-likeness (QED) is 0.837. The van der Waals surface area contributed by atoms with E-state index in [9.17, 15) is 0 Å². The van der Waals surface area contributed by atoms with E-state index in [1.165, 1.54) is 0 Å². The van der Waals surface area contributed by atoms with Crippen LogP contribution in [-0.4, -0.2) is 10.2 Å². The van der Waals surface area contributed by atoms with E-state index in [0.717, 1.165) is 5.56 Å². The molecule has 1 aromatic heterocycles. The van der Waals surface area contributed by atoms with Crippen LogP contribution in [0.5, 0.6) is 11.6 Å². The Bertz CT molecular complexity index is 660. The van der Waals surface area contributed by atoms with Crippen molar-refractivity contribution in [3.63, 3.8) is 0 Å². The van der Waals surface area contributed by atoms with Gasteiger partial charge in [0.05, 0.1) is 5.69 Å². The maximum absolute atomic E-state index is 9.16. The van der Waals surface area contributed by atoms with Crippen LogP contribution in [0.2, 0.25) is 10.0 Å². The zero-order chi connectivity index (χ0) is 14.0. The van der Waals surface area contributed by atoms with Gasteiger partial charge in [-0.1, -0.05) is 23.2 Å². The van der Waals surface area contributed by atoms with Gasteiger partial charge in [-0.25, -0.2) is 0 Å². The van der Waals surface area contributed by atoms with Gasteiger partial charge in [0, 0.05) is 10.0 Å². The van der Waals surface area contributed by atoms with Crippen LogP contribution in [0.4, 0.5) is 0 Å². The molecule has 0 saturated heterocycles. The molecule has 0 radical (unpaired) electrons. The predicted octanol–water partition coefficient (Wildman–Crippen LogP) is 4.06. The number of hydrogen-bond donors (Lipinski definition) is 0. The molecule has 0 atom stereocenters. The van der Waals surface area contributed by atoms with Crippen LogP contribution < -0.4 is 4.74 Å². The summed E-state index contributed by atoms with van der Waals surface area (Å²) >= 11 is 11.8. The molecule has 0 unspecified atom stereocenters. The van der Waals surface area contributed by atoms with Crippen LogP contribution >= 0.6 is 23.2 Å². The average molecular weight is 294 g/mol. The minimum Gasteiger partial charge on any atom is -0.436 e. The lowest BCUT2D eigenvalue weighted by molar-refractivity contribution is 0.452. The van der Waals surface area contributed by atoms with Gasteiger partial charge in [0.15, 0.2) is 0 Å². The van der Waals surface area contributed by atoms with Crippen molar-refractivity contribution >= 4 is 23.2 Å². The highest BCUT2D eigenvalue weighted by Crippen LogP contribution is 2.29. The fourth-order valence-electron chi connectivity index (χ4n) is 1.49. The SMILES string of the molecule is Cc1nnc(Oc2cc(Cl)cc(Cl)c2)c(C#N)c1C. The number of aromatic nitrogens is 2. The van der Waals surface area contributed by atoms with E-state index in [-0.39, 0.29) is 5.88 Å². The van der Waals surface area contributed by atoms with E-state index in [2.05, 4.69) is 16.3 Å². The van der Waals surface area contributed by atoms with Crippen LogP contribution in [0.3, 0.4) is 0 Å². The van der Waals surface area contributed by atoms with Crippen molar-refractivity contribution in [2.75, 3.05) is 0 Å². The molecule has 96 valence electrons. The molecule has 4 nitrogen and oxygen atoms in total. The fourth-order valence-corrected chi connectivity index (χ4v) is 1.99. The van der Waals surface area contributed by atoms with E-state index in [0.29, 0.717) is 27.1 Å². The molecule has 6 heteroatoms. The zero-order valence-corrected chi connectivity index (χ0v) is 11.7. The Balaban J connectivity index is 2.44. The zero-order valence-electron chi connectivity index (χ0n) is 10.2. The molecule has 0 aliphatic rings. The number of hydrogen-bond acceptors (Lipinski definition) is 4. The Hall–Kier alpha value is -1.83. The molecule has 0 N–H and O–H groups in total. The fraction of sp³-hybridized carbons (Fsp3) is 0.154. The first-order chi connectivity index (χ1) is 9.01. The van der Waals surface area contributed by atoms with E-state index >= 15 is 0 Å². The van der Waals surface area contributed by atoms with E-state index < -0.39 is 0 Å². The van der Waals surface area contributed by atoms with Crippen molar-refractivity contribution in [3.05, 3.63) is 45.1 Å². The van der Waals surface area contributed by atoms with Crippen molar-refractivity contribution in [1.82, 2.24) is 10.2 Å². The summed E-state index contributed by atoms with van der Waals surface area (Å²) in [5.41, 5.74) is 1.78. The highest BCUT2D eigenvalue weighted by atomic mass is 35.5. The first kappa shape index (κ1) is 13.6. The van der Waals surface area contributed by atoms with Gasteiger partial charge in [-0.2, -0.15) is 10.4 Å². The summed E-state index contributed by atoms with van der Waals surface area (Å²) < 4.78 is 5.53. The summed E-state index contributed by atoms with van der Waals surface area (Å²) in [6, 6.07) is 6.83. The lowest BCUT2D eigenvalue weighted by Crippen LogP contribution is -2.00. The maximum Gasteiger partial charge on any atom is 0.257 e. The van der Waals surface area contributed by atoms with E-state index in [1.807, 2.05) is 0 Å². The van der Waals surface area contributed by atoms with Gasteiger partial charge in [-0.15, -0.1) is 5.10 Å². The van der Waals surface area contributed by atoms with E-state index in [4.69, 9.17) is 33.2 Å². The van der Waals surface area contributed by atoms with Crippen molar-refractivity contribution in [1.29, 1.82) is 5.26 Å². The Morgan fingerprint density at radius 2 is 1.74 bits per heavy atom. The summed E-state index contributed by atoms with van der Waals surface area (Å²) in [4.78, 5) is 0. The highest BCUT2D eigenvalue weighted by molar-refractivity contribution is 6.34. The number of benzene rings is 1. The molecule has 0 amide bonds. The molecular weight excluding hydrogens is 285 g/mol. The average Bonchev–Trinajstić information content (AvgIpc) is 2.33. The van der Waals surface area contributed by atoms with Gasteiger partial charge in [-0.3, -0.25) is 0 Å². The molecule has 1 aromatic carbocycles.